The second-order valence-electron chi connectivity index (χ2n) is 6.19. The fourth-order valence-electron chi connectivity index (χ4n) is 2.59. The molecule has 0 heterocycles. The fraction of sp³-hybridized carbons (Fsp3) is 0.0952. The molecule has 0 aliphatic rings. The molecule has 3 aromatic carbocycles. The van der Waals surface area contributed by atoms with Crippen molar-refractivity contribution < 1.29 is 17.9 Å². The fourth-order valence-corrected chi connectivity index (χ4v) is 3.90. The van der Waals surface area contributed by atoms with E-state index in [1.54, 1.807) is 31.3 Å². The van der Waals surface area contributed by atoms with Crippen LogP contribution in [0.3, 0.4) is 0 Å². The molecule has 0 saturated carbocycles. The molecule has 0 radical (unpaired) electrons. The summed E-state index contributed by atoms with van der Waals surface area (Å²) < 4.78 is 29.4. The summed E-state index contributed by atoms with van der Waals surface area (Å²) in [5.74, 6) is 1.01. The summed E-state index contributed by atoms with van der Waals surface area (Å²) in [6, 6.07) is 20.6. The number of amides is 1. The van der Waals surface area contributed by atoms with Crippen molar-refractivity contribution in [3.8, 4) is 11.5 Å². The lowest BCUT2D eigenvalue weighted by molar-refractivity contribution is 0.0993. The molecule has 3 aromatic rings. The normalized spacial score (nSPS) is 11.1. The number of para-hydroxylation sites is 1. The maximum absolute atomic E-state index is 12.8. The van der Waals surface area contributed by atoms with Crippen LogP contribution in [0.2, 0.25) is 5.02 Å². The zero-order valence-electron chi connectivity index (χ0n) is 15.3. The number of nitrogens with zero attached hydrogens (tertiary/aromatic N) is 1. The lowest BCUT2D eigenvalue weighted by Gasteiger charge is -2.18. The molecule has 0 aliphatic heterocycles. The summed E-state index contributed by atoms with van der Waals surface area (Å²) in [6.07, 6.45) is 1.05. The molecule has 7 heteroatoms. The molecule has 0 unspecified atom stereocenters. The summed E-state index contributed by atoms with van der Waals surface area (Å²) in [5, 5.41) is 0.0871. The highest BCUT2D eigenvalue weighted by Crippen LogP contribution is 2.26. The molecule has 5 nitrogen and oxygen atoms in total. The first-order chi connectivity index (χ1) is 13.3. The lowest BCUT2D eigenvalue weighted by atomic mass is 10.2. The highest BCUT2D eigenvalue weighted by molar-refractivity contribution is 7.90. The summed E-state index contributed by atoms with van der Waals surface area (Å²) in [4.78, 5) is 14.1. The largest absolute Gasteiger partial charge is 0.457 e. The third-order valence-electron chi connectivity index (χ3n) is 4.09. The molecule has 3 rings (SSSR count). The van der Waals surface area contributed by atoms with Crippen molar-refractivity contribution in [3.05, 3.63) is 83.4 Å². The number of sulfone groups is 1. The van der Waals surface area contributed by atoms with Gasteiger partial charge in [0, 0.05) is 24.6 Å². The van der Waals surface area contributed by atoms with E-state index in [9.17, 15) is 13.2 Å². The molecule has 0 aromatic heterocycles. The summed E-state index contributed by atoms with van der Waals surface area (Å²) in [6.45, 7) is 0. The zero-order chi connectivity index (χ0) is 20.3. The van der Waals surface area contributed by atoms with Gasteiger partial charge in [0.05, 0.1) is 9.92 Å². The van der Waals surface area contributed by atoms with Gasteiger partial charge in [0.15, 0.2) is 9.84 Å². The number of ether oxygens (including phenoxy) is 1. The van der Waals surface area contributed by atoms with Gasteiger partial charge in [-0.15, -0.1) is 0 Å². The maximum Gasteiger partial charge on any atom is 0.258 e. The van der Waals surface area contributed by atoms with E-state index in [0.29, 0.717) is 17.2 Å². The molecule has 0 bridgehead atoms. The van der Waals surface area contributed by atoms with E-state index in [4.69, 9.17) is 16.3 Å². The van der Waals surface area contributed by atoms with Crippen LogP contribution >= 0.6 is 11.6 Å². The Balaban J connectivity index is 1.80. The number of hydrogen-bond donors (Lipinski definition) is 0. The van der Waals surface area contributed by atoms with E-state index in [2.05, 4.69) is 0 Å². The van der Waals surface area contributed by atoms with Crippen LogP contribution in [0.1, 0.15) is 10.4 Å². The predicted molar refractivity (Wildman–Crippen MR) is 110 cm³/mol. The van der Waals surface area contributed by atoms with Gasteiger partial charge in [-0.3, -0.25) is 4.79 Å². The minimum atomic E-state index is -3.53. The van der Waals surface area contributed by atoms with Crippen molar-refractivity contribution in [2.75, 3.05) is 18.2 Å². The van der Waals surface area contributed by atoms with Crippen molar-refractivity contribution in [2.45, 2.75) is 4.90 Å². The molecule has 144 valence electrons. The molecule has 0 N–H and O–H groups in total. The average Bonchev–Trinajstić information content (AvgIpc) is 2.68. The van der Waals surface area contributed by atoms with Gasteiger partial charge in [-0.05, 0) is 54.6 Å². The van der Waals surface area contributed by atoms with E-state index >= 15 is 0 Å². The van der Waals surface area contributed by atoms with Crippen molar-refractivity contribution in [1.82, 2.24) is 0 Å². The van der Waals surface area contributed by atoms with Crippen molar-refractivity contribution in [1.29, 1.82) is 0 Å². The van der Waals surface area contributed by atoms with Crippen LogP contribution in [-0.2, 0) is 9.84 Å². The van der Waals surface area contributed by atoms with E-state index in [1.165, 1.54) is 23.1 Å². The second kappa shape index (κ2) is 8.04. The quantitative estimate of drug-likeness (QED) is 0.599. The summed E-state index contributed by atoms with van der Waals surface area (Å²) in [7, 11) is -1.92. The number of carbonyl (C=O) groups is 1. The van der Waals surface area contributed by atoms with E-state index in [0.717, 1.165) is 6.26 Å². The predicted octanol–water partition coefficient (Wildman–Crippen LogP) is 4.81. The number of carbonyl (C=O) groups excluding carboxylic acids is 1. The Hall–Kier alpha value is -2.83. The van der Waals surface area contributed by atoms with Crippen LogP contribution in [0.4, 0.5) is 5.69 Å². The van der Waals surface area contributed by atoms with E-state index < -0.39 is 9.84 Å². The first-order valence-corrected chi connectivity index (χ1v) is 10.6. The smallest absolute Gasteiger partial charge is 0.258 e. The highest BCUT2D eigenvalue weighted by Gasteiger charge is 2.19. The van der Waals surface area contributed by atoms with Gasteiger partial charge in [-0.1, -0.05) is 29.8 Å². The molecular weight excluding hydrogens is 398 g/mol. The van der Waals surface area contributed by atoms with Crippen LogP contribution in [0.5, 0.6) is 11.5 Å². The van der Waals surface area contributed by atoms with Gasteiger partial charge < -0.3 is 9.64 Å². The third kappa shape index (κ3) is 4.52. The Bertz CT molecular complexity index is 1100. The molecular formula is C21H18ClNO4S. The van der Waals surface area contributed by atoms with Crippen LogP contribution in [0.25, 0.3) is 0 Å². The number of hydrogen-bond acceptors (Lipinski definition) is 4. The Morgan fingerprint density at radius 1 is 0.929 bits per heavy atom. The van der Waals surface area contributed by atoms with Gasteiger partial charge in [0.25, 0.3) is 5.91 Å². The minimum absolute atomic E-state index is 0.0694. The zero-order valence-corrected chi connectivity index (χ0v) is 16.9. The Labute approximate surface area is 169 Å². The number of anilines is 1. The number of halogens is 1. The van der Waals surface area contributed by atoms with Gasteiger partial charge in [-0.2, -0.15) is 0 Å². The SMILES string of the molecule is CN(C(=O)c1ccc(Cl)c(S(C)(=O)=O)c1)c1ccc(Oc2ccccc2)cc1. The van der Waals surface area contributed by atoms with E-state index in [-0.39, 0.29) is 21.4 Å². The standard InChI is InChI=1S/C21H18ClNO4S/c1-23(21(24)15-8-13-19(22)20(14-15)28(2,25)26)16-9-11-18(12-10-16)27-17-6-4-3-5-7-17/h3-14H,1-2H3. The Morgan fingerprint density at radius 2 is 1.54 bits per heavy atom. The first kappa shape index (κ1) is 19.9. The highest BCUT2D eigenvalue weighted by atomic mass is 35.5. The van der Waals surface area contributed by atoms with Gasteiger partial charge >= 0.3 is 0 Å². The topological polar surface area (TPSA) is 63.7 Å². The molecule has 1 amide bonds. The number of rotatable bonds is 5. The molecule has 28 heavy (non-hydrogen) atoms. The van der Waals surface area contributed by atoms with Crippen LogP contribution in [-0.4, -0.2) is 27.6 Å². The lowest BCUT2D eigenvalue weighted by Crippen LogP contribution is -2.26. The molecule has 0 saturated heterocycles. The first-order valence-electron chi connectivity index (χ1n) is 8.36. The van der Waals surface area contributed by atoms with E-state index in [1.807, 2.05) is 30.3 Å². The third-order valence-corrected chi connectivity index (χ3v) is 5.66. The van der Waals surface area contributed by atoms with Gasteiger partial charge in [0.2, 0.25) is 0 Å². The average molecular weight is 416 g/mol. The Kier molecular flexibility index (Phi) is 5.72. The van der Waals surface area contributed by atoms with Gasteiger partial charge in [-0.25, -0.2) is 8.42 Å². The monoisotopic (exact) mass is 415 g/mol. The minimum Gasteiger partial charge on any atom is -0.457 e. The van der Waals surface area contributed by atoms with Crippen LogP contribution in [0, 0.1) is 0 Å². The van der Waals surface area contributed by atoms with Crippen LogP contribution < -0.4 is 9.64 Å². The van der Waals surface area contributed by atoms with Crippen molar-refractivity contribution in [2.24, 2.45) is 0 Å². The second-order valence-corrected chi connectivity index (χ2v) is 8.58. The molecule has 0 atom stereocenters. The molecule has 0 spiro atoms. The molecule has 0 aliphatic carbocycles. The molecule has 0 fully saturated rings. The maximum atomic E-state index is 12.8. The Morgan fingerprint density at radius 3 is 2.14 bits per heavy atom. The van der Waals surface area contributed by atoms with Crippen LogP contribution in [0.15, 0.2) is 77.7 Å². The van der Waals surface area contributed by atoms with Gasteiger partial charge in [0.1, 0.15) is 11.5 Å². The van der Waals surface area contributed by atoms with Crippen molar-refractivity contribution in [3.63, 3.8) is 0 Å². The number of benzene rings is 3. The summed E-state index contributed by atoms with van der Waals surface area (Å²) >= 11 is 5.95. The summed E-state index contributed by atoms with van der Waals surface area (Å²) in [5.41, 5.74) is 0.873. The van der Waals surface area contributed by atoms with Crippen molar-refractivity contribution >= 4 is 33.0 Å².